The molecule has 6 nitrogen and oxygen atoms in total. The van der Waals surface area contributed by atoms with Crippen LogP contribution in [0.3, 0.4) is 0 Å². The molecular formula is C18H13Cl2N3O3. The summed E-state index contributed by atoms with van der Waals surface area (Å²) in [6.07, 6.45) is 1.29. The normalized spacial score (nSPS) is 10.4. The maximum Gasteiger partial charge on any atom is 0.291 e. The average molecular weight is 390 g/mol. The zero-order valence-electron chi connectivity index (χ0n) is 13.6. The van der Waals surface area contributed by atoms with Gasteiger partial charge >= 0.3 is 0 Å². The Hall–Kier alpha value is -2.83. The molecule has 2 aromatic carbocycles. The van der Waals surface area contributed by atoms with Gasteiger partial charge in [0.15, 0.2) is 0 Å². The molecule has 0 aliphatic rings. The summed E-state index contributed by atoms with van der Waals surface area (Å²) in [6.45, 7) is 0. The number of nitrogens with one attached hydrogen (secondary N) is 1. The molecule has 3 aromatic rings. The van der Waals surface area contributed by atoms with Crippen LogP contribution in [0.5, 0.6) is 5.75 Å². The minimum atomic E-state index is -0.534. The van der Waals surface area contributed by atoms with Gasteiger partial charge in [0.25, 0.3) is 11.5 Å². The molecule has 1 N–H and O–H groups in total. The van der Waals surface area contributed by atoms with E-state index < -0.39 is 5.56 Å². The van der Waals surface area contributed by atoms with Gasteiger partial charge < -0.3 is 10.1 Å². The molecule has 8 heteroatoms. The van der Waals surface area contributed by atoms with Crippen LogP contribution in [0.1, 0.15) is 10.4 Å². The molecule has 0 atom stereocenters. The van der Waals surface area contributed by atoms with E-state index in [9.17, 15) is 9.59 Å². The van der Waals surface area contributed by atoms with Gasteiger partial charge in [-0.3, -0.25) is 9.59 Å². The predicted molar refractivity (Wildman–Crippen MR) is 101 cm³/mol. The number of amides is 1. The van der Waals surface area contributed by atoms with Gasteiger partial charge in [0, 0.05) is 17.3 Å². The maximum atomic E-state index is 12.4. The smallest absolute Gasteiger partial charge is 0.291 e. The van der Waals surface area contributed by atoms with E-state index in [0.717, 1.165) is 4.68 Å². The first kappa shape index (κ1) is 18.0. The molecule has 3 rings (SSSR count). The Morgan fingerprint density at radius 1 is 1.15 bits per heavy atom. The minimum absolute atomic E-state index is 0.0854. The van der Waals surface area contributed by atoms with Gasteiger partial charge in [0.2, 0.25) is 0 Å². The highest BCUT2D eigenvalue weighted by atomic mass is 35.5. The van der Waals surface area contributed by atoms with Crippen molar-refractivity contribution < 1.29 is 9.53 Å². The van der Waals surface area contributed by atoms with Crippen molar-refractivity contribution in [1.29, 1.82) is 0 Å². The number of carbonyl (C=O) groups excluding carboxylic acids is 1. The van der Waals surface area contributed by atoms with Crippen LogP contribution in [-0.2, 0) is 0 Å². The number of anilines is 1. The zero-order chi connectivity index (χ0) is 18.7. The van der Waals surface area contributed by atoms with E-state index in [1.165, 1.54) is 6.20 Å². The van der Waals surface area contributed by atoms with Gasteiger partial charge in [0.05, 0.1) is 24.0 Å². The standard InChI is InChI=1S/C18H13Cl2N3O3/c1-26-14-4-2-3-12(9-14)22-17(24)11-5-7-13(8-6-11)23-18(25)16(20)15(19)10-21-23/h2-10H,1H3,(H,22,24). The third-order valence-electron chi connectivity index (χ3n) is 3.58. The van der Waals surface area contributed by atoms with Gasteiger partial charge in [-0.05, 0) is 36.4 Å². The molecule has 0 radical (unpaired) electrons. The lowest BCUT2D eigenvalue weighted by molar-refractivity contribution is 0.102. The summed E-state index contributed by atoms with van der Waals surface area (Å²) in [7, 11) is 1.55. The second kappa shape index (κ2) is 7.59. The van der Waals surface area contributed by atoms with E-state index in [-0.39, 0.29) is 16.0 Å². The molecule has 1 heterocycles. The van der Waals surface area contributed by atoms with E-state index in [4.69, 9.17) is 27.9 Å². The maximum absolute atomic E-state index is 12.4. The number of nitrogens with zero attached hydrogens (tertiary/aromatic N) is 2. The molecule has 0 aliphatic heterocycles. The van der Waals surface area contributed by atoms with Crippen LogP contribution >= 0.6 is 23.2 Å². The summed E-state index contributed by atoms with van der Waals surface area (Å²) in [5.74, 6) is 0.350. The molecule has 0 fully saturated rings. The molecule has 0 spiro atoms. The van der Waals surface area contributed by atoms with E-state index in [2.05, 4.69) is 10.4 Å². The van der Waals surface area contributed by atoms with Crippen LogP contribution in [0.2, 0.25) is 10.0 Å². The predicted octanol–water partition coefficient (Wildman–Crippen LogP) is 3.80. The van der Waals surface area contributed by atoms with Crippen LogP contribution in [0.15, 0.2) is 59.5 Å². The lowest BCUT2D eigenvalue weighted by Gasteiger charge is -2.09. The molecule has 0 saturated heterocycles. The Bertz CT molecular complexity index is 1020. The zero-order valence-corrected chi connectivity index (χ0v) is 15.1. The van der Waals surface area contributed by atoms with Crippen molar-refractivity contribution in [3.8, 4) is 11.4 Å². The first-order chi connectivity index (χ1) is 12.5. The number of carbonyl (C=O) groups is 1. The highest BCUT2D eigenvalue weighted by Crippen LogP contribution is 2.19. The molecule has 132 valence electrons. The lowest BCUT2D eigenvalue weighted by Crippen LogP contribution is -2.21. The molecule has 26 heavy (non-hydrogen) atoms. The van der Waals surface area contributed by atoms with Crippen LogP contribution in [0.25, 0.3) is 5.69 Å². The summed E-state index contributed by atoms with van der Waals surface area (Å²) in [4.78, 5) is 24.5. The van der Waals surface area contributed by atoms with E-state index in [1.807, 2.05) is 0 Å². The van der Waals surface area contributed by atoms with Gasteiger partial charge in [0.1, 0.15) is 10.8 Å². The number of hydrogen-bond donors (Lipinski definition) is 1. The molecule has 1 amide bonds. The number of rotatable bonds is 4. The highest BCUT2D eigenvalue weighted by Gasteiger charge is 2.11. The van der Waals surface area contributed by atoms with Crippen LogP contribution in [0.4, 0.5) is 5.69 Å². The molecule has 0 unspecified atom stereocenters. The number of ether oxygens (including phenoxy) is 1. The summed E-state index contributed by atoms with van der Waals surface area (Å²) in [6, 6.07) is 13.4. The fourth-order valence-corrected chi connectivity index (χ4v) is 2.51. The van der Waals surface area contributed by atoms with Gasteiger partial charge in [-0.25, -0.2) is 0 Å². The van der Waals surface area contributed by atoms with Gasteiger partial charge in [-0.15, -0.1) is 0 Å². The highest BCUT2D eigenvalue weighted by molar-refractivity contribution is 6.41. The van der Waals surface area contributed by atoms with Crippen molar-refractivity contribution in [1.82, 2.24) is 9.78 Å². The average Bonchev–Trinajstić information content (AvgIpc) is 2.66. The summed E-state index contributed by atoms with van der Waals surface area (Å²) >= 11 is 11.6. The van der Waals surface area contributed by atoms with E-state index in [1.54, 1.807) is 55.6 Å². The van der Waals surface area contributed by atoms with Gasteiger partial charge in [-0.1, -0.05) is 29.3 Å². The van der Waals surface area contributed by atoms with Crippen LogP contribution in [0, 0.1) is 0 Å². The third kappa shape index (κ3) is 3.71. The van der Waals surface area contributed by atoms with Crippen molar-refractivity contribution >= 4 is 34.8 Å². The molecule has 1 aromatic heterocycles. The van der Waals surface area contributed by atoms with Gasteiger partial charge in [-0.2, -0.15) is 9.78 Å². The Labute approximate surface area is 158 Å². The van der Waals surface area contributed by atoms with Crippen molar-refractivity contribution in [3.05, 3.63) is 80.7 Å². The fourth-order valence-electron chi connectivity index (χ4n) is 2.25. The number of aromatic nitrogens is 2. The summed E-state index contributed by atoms with van der Waals surface area (Å²) in [5, 5.41) is 6.70. The third-order valence-corrected chi connectivity index (χ3v) is 4.33. The minimum Gasteiger partial charge on any atom is -0.497 e. The number of halogens is 2. The second-order valence-corrected chi connectivity index (χ2v) is 6.04. The second-order valence-electron chi connectivity index (χ2n) is 5.26. The molecule has 0 saturated carbocycles. The SMILES string of the molecule is COc1cccc(NC(=O)c2ccc(-n3ncc(Cl)c(Cl)c3=O)cc2)c1. The van der Waals surface area contributed by atoms with Crippen molar-refractivity contribution in [2.24, 2.45) is 0 Å². The Morgan fingerprint density at radius 2 is 1.88 bits per heavy atom. The lowest BCUT2D eigenvalue weighted by atomic mass is 10.2. The molecule has 0 aliphatic carbocycles. The first-order valence-corrected chi connectivity index (χ1v) is 8.24. The summed E-state index contributed by atoms with van der Waals surface area (Å²) in [5.41, 5.74) is 0.963. The Morgan fingerprint density at radius 3 is 2.58 bits per heavy atom. The number of hydrogen-bond acceptors (Lipinski definition) is 4. The van der Waals surface area contributed by atoms with Crippen LogP contribution in [-0.4, -0.2) is 22.8 Å². The van der Waals surface area contributed by atoms with E-state index >= 15 is 0 Å². The number of benzene rings is 2. The van der Waals surface area contributed by atoms with Crippen molar-refractivity contribution in [2.45, 2.75) is 0 Å². The quantitative estimate of drug-likeness (QED) is 0.736. The monoisotopic (exact) mass is 389 g/mol. The fraction of sp³-hybridized carbons (Fsp3) is 0.0556. The van der Waals surface area contributed by atoms with E-state index in [0.29, 0.717) is 22.7 Å². The van der Waals surface area contributed by atoms with Crippen molar-refractivity contribution in [3.63, 3.8) is 0 Å². The van der Waals surface area contributed by atoms with Crippen LogP contribution < -0.4 is 15.6 Å². The number of methoxy groups -OCH3 is 1. The van der Waals surface area contributed by atoms with Crippen molar-refractivity contribution in [2.75, 3.05) is 12.4 Å². The molecular weight excluding hydrogens is 377 g/mol. The largest absolute Gasteiger partial charge is 0.497 e. The topological polar surface area (TPSA) is 73.2 Å². The first-order valence-electron chi connectivity index (χ1n) is 7.49. The summed E-state index contributed by atoms with van der Waals surface area (Å²) < 4.78 is 6.23. The molecule has 0 bridgehead atoms. The Balaban J connectivity index is 1.82. The Kier molecular flexibility index (Phi) is 5.25.